The molecule has 4 saturated carbocycles. The Morgan fingerprint density at radius 1 is 1.05 bits per heavy atom. The van der Waals surface area contributed by atoms with Crippen LogP contribution in [0.15, 0.2) is 0 Å². The molecule has 1 N–H and O–H groups in total. The molecule has 4 rings (SSSR count). The number of amides is 1. The molecule has 1 amide bonds. The van der Waals surface area contributed by atoms with Crippen LogP contribution in [0.25, 0.3) is 0 Å². The zero-order chi connectivity index (χ0) is 15.5. The van der Waals surface area contributed by atoms with E-state index in [1.165, 1.54) is 19.3 Å². The summed E-state index contributed by atoms with van der Waals surface area (Å²) in [4.78, 5) is 15.1. The van der Waals surface area contributed by atoms with Gasteiger partial charge in [0.1, 0.15) is 0 Å². The molecule has 0 radical (unpaired) electrons. The van der Waals surface area contributed by atoms with Crippen molar-refractivity contribution in [3.63, 3.8) is 0 Å². The first-order chi connectivity index (χ1) is 9.58. The summed E-state index contributed by atoms with van der Waals surface area (Å²) in [5.74, 6) is 0.310. The Balaban J connectivity index is 1.79. The number of rotatable bonds is 4. The van der Waals surface area contributed by atoms with Crippen LogP contribution < -0.4 is 5.32 Å². The highest BCUT2D eigenvalue weighted by Gasteiger charge is 2.67. The van der Waals surface area contributed by atoms with Crippen molar-refractivity contribution >= 4 is 21.8 Å². The lowest BCUT2D eigenvalue weighted by Crippen LogP contribution is -2.64. The summed E-state index contributed by atoms with van der Waals surface area (Å²) < 4.78 is 0.199. The van der Waals surface area contributed by atoms with Crippen molar-refractivity contribution in [3.05, 3.63) is 0 Å². The highest BCUT2D eigenvalue weighted by atomic mass is 79.9. The summed E-state index contributed by atoms with van der Waals surface area (Å²) in [6, 6.07) is 0. The van der Waals surface area contributed by atoms with Gasteiger partial charge in [-0.05, 0) is 63.5 Å². The van der Waals surface area contributed by atoms with E-state index in [-0.39, 0.29) is 9.74 Å². The molecule has 2 unspecified atom stereocenters. The molecule has 4 aliphatic carbocycles. The lowest BCUT2D eigenvalue weighted by atomic mass is 9.40. The molecule has 0 aromatic carbocycles. The molecule has 4 aliphatic rings. The van der Waals surface area contributed by atoms with E-state index in [1.54, 1.807) is 0 Å². The van der Waals surface area contributed by atoms with Gasteiger partial charge >= 0.3 is 0 Å². The number of hydrogen-bond donors (Lipinski definition) is 1. The number of nitrogens with zero attached hydrogens (tertiary/aromatic N) is 1. The maximum Gasteiger partial charge on any atom is 0.226 e. The molecule has 2 atom stereocenters. The number of nitrogens with one attached hydrogen (secondary N) is 1. The van der Waals surface area contributed by atoms with E-state index in [9.17, 15) is 4.79 Å². The van der Waals surface area contributed by atoms with Gasteiger partial charge in [-0.3, -0.25) is 4.79 Å². The molecular formula is C17H29BrN2O. The quantitative estimate of drug-likeness (QED) is 0.784. The van der Waals surface area contributed by atoms with Gasteiger partial charge in [-0.15, -0.1) is 0 Å². The van der Waals surface area contributed by atoms with E-state index in [0.29, 0.717) is 16.7 Å². The number of halogens is 1. The highest BCUT2D eigenvalue weighted by Crippen LogP contribution is 2.72. The number of carbonyl (C=O) groups excluding carboxylic acids is 1. The van der Waals surface area contributed by atoms with Gasteiger partial charge in [0.2, 0.25) is 5.91 Å². The summed E-state index contributed by atoms with van der Waals surface area (Å²) in [5, 5.41) is 3.22. The van der Waals surface area contributed by atoms with Crippen molar-refractivity contribution in [1.82, 2.24) is 10.2 Å². The van der Waals surface area contributed by atoms with Crippen LogP contribution in [0.3, 0.4) is 0 Å². The molecule has 0 heterocycles. The summed E-state index contributed by atoms with van der Waals surface area (Å²) in [7, 11) is 4.10. The van der Waals surface area contributed by atoms with Crippen LogP contribution in [0.5, 0.6) is 0 Å². The summed E-state index contributed by atoms with van der Waals surface area (Å²) in [6.07, 6.45) is 6.96. The van der Waals surface area contributed by atoms with Crippen LogP contribution in [0, 0.1) is 16.2 Å². The lowest BCUT2D eigenvalue weighted by Gasteiger charge is -2.67. The fraction of sp³-hybridized carbons (Fsp3) is 0.941. The summed E-state index contributed by atoms with van der Waals surface area (Å²) in [6.45, 7) is 6.48. The predicted molar refractivity (Wildman–Crippen MR) is 89.6 cm³/mol. The third-order valence-corrected chi connectivity index (χ3v) is 6.69. The van der Waals surface area contributed by atoms with Crippen molar-refractivity contribution in [1.29, 1.82) is 0 Å². The molecule has 0 saturated heterocycles. The van der Waals surface area contributed by atoms with Gasteiger partial charge in [0.05, 0.1) is 5.41 Å². The van der Waals surface area contributed by atoms with Crippen molar-refractivity contribution in [2.45, 2.75) is 56.7 Å². The number of hydrogen-bond acceptors (Lipinski definition) is 2. The highest BCUT2D eigenvalue weighted by molar-refractivity contribution is 9.10. The van der Waals surface area contributed by atoms with E-state index < -0.39 is 0 Å². The van der Waals surface area contributed by atoms with E-state index in [1.807, 2.05) is 14.1 Å². The molecule has 4 bridgehead atoms. The summed E-state index contributed by atoms with van der Waals surface area (Å²) in [5.41, 5.74) is 0.547. The van der Waals surface area contributed by atoms with E-state index in [4.69, 9.17) is 0 Å². The Labute approximate surface area is 137 Å². The van der Waals surface area contributed by atoms with Crippen LogP contribution in [0.2, 0.25) is 0 Å². The normalized spacial score (nSPS) is 47.9. The SMILES string of the molecule is CN(C)CCNC(=O)C12CC3(C)CC(C)(CC(Br)(C3)C1)C2. The minimum Gasteiger partial charge on any atom is -0.354 e. The topological polar surface area (TPSA) is 32.3 Å². The first-order valence-electron chi connectivity index (χ1n) is 8.20. The molecule has 120 valence electrons. The van der Waals surface area contributed by atoms with Gasteiger partial charge in [0.15, 0.2) is 0 Å². The largest absolute Gasteiger partial charge is 0.354 e. The summed E-state index contributed by atoms with van der Waals surface area (Å²) >= 11 is 4.03. The minimum absolute atomic E-state index is 0.131. The van der Waals surface area contributed by atoms with Gasteiger partial charge in [-0.1, -0.05) is 29.8 Å². The van der Waals surface area contributed by atoms with Crippen molar-refractivity contribution in [2.75, 3.05) is 27.2 Å². The van der Waals surface area contributed by atoms with Crippen LogP contribution in [-0.4, -0.2) is 42.3 Å². The fourth-order valence-electron chi connectivity index (χ4n) is 6.37. The van der Waals surface area contributed by atoms with Crippen molar-refractivity contribution < 1.29 is 4.79 Å². The smallest absolute Gasteiger partial charge is 0.226 e. The van der Waals surface area contributed by atoms with Crippen molar-refractivity contribution in [2.24, 2.45) is 16.2 Å². The first kappa shape index (κ1) is 15.8. The fourth-order valence-corrected chi connectivity index (χ4v) is 8.26. The third-order valence-electron chi connectivity index (χ3n) is 5.85. The molecule has 21 heavy (non-hydrogen) atoms. The van der Waals surface area contributed by atoms with Crippen molar-refractivity contribution in [3.8, 4) is 0 Å². The Morgan fingerprint density at radius 2 is 1.62 bits per heavy atom. The number of carbonyl (C=O) groups is 1. The maximum atomic E-state index is 13.0. The zero-order valence-electron chi connectivity index (χ0n) is 13.9. The first-order valence-corrected chi connectivity index (χ1v) is 8.99. The third kappa shape index (κ3) is 2.78. The molecule has 4 fully saturated rings. The molecule has 0 aromatic heterocycles. The Bertz CT molecular complexity index is 408. The molecular weight excluding hydrogens is 328 g/mol. The standard InChI is InChI=1S/C17H29BrN2O/c1-14-7-15(2)9-16(8-14,12-17(18,10-14)11-15)13(21)19-5-6-20(3)4/h5-12H2,1-4H3,(H,19,21). The Kier molecular flexibility index (Phi) is 3.54. The predicted octanol–water partition coefficient (Wildman–Crippen LogP) is 3.18. The maximum absolute atomic E-state index is 13.0. The molecule has 0 aromatic rings. The van der Waals surface area contributed by atoms with E-state index in [0.717, 1.165) is 32.4 Å². The van der Waals surface area contributed by atoms with Gasteiger partial charge < -0.3 is 10.2 Å². The molecule has 0 aliphatic heterocycles. The second kappa shape index (κ2) is 4.70. The van der Waals surface area contributed by atoms with Gasteiger partial charge in [-0.2, -0.15) is 0 Å². The zero-order valence-corrected chi connectivity index (χ0v) is 15.5. The molecule has 0 spiro atoms. The molecule has 4 heteroatoms. The van der Waals surface area contributed by atoms with E-state index in [2.05, 4.69) is 40.0 Å². The van der Waals surface area contributed by atoms with Gasteiger partial charge in [-0.25, -0.2) is 0 Å². The number of likely N-dealkylation sites (N-methyl/N-ethyl adjacent to an activating group) is 1. The van der Waals surface area contributed by atoms with Crippen LogP contribution in [-0.2, 0) is 4.79 Å². The van der Waals surface area contributed by atoms with Gasteiger partial charge in [0, 0.05) is 17.4 Å². The number of alkyl halides is 1. The molecule has 3 nitrogen and oxygen atoms in total. The minimum atomic E-state index is -0.131. The van der Waals surface area contributed by atoms with Gasteiger partial charge in [0.25, 0.3) is 0 Å². The average Bonchev–Trinajstić information content (AvgIpc) is 2.21. The average molecular weight is 357 g/mol. The second-order valence-corrected chi connectivity index (χ2v) is 10.9. The lowest BCUT2D eigenvalue weighted by molar-refractivity contribution is -0.163. The Morgan fingerprint density at radius 3 is 2.10 bits per heavy atom. The second-order valence-electron chi connectivity index (χ2n) is 9.17. The van der Waals surface area contributed by atoms with Crippen LogP contribution >= 0.6 is 15.9 Å². The van der Waals surface area contributed by atoms with E-state index >= 15 is 0 Å². The Hall–Kier alpha value is -0.0900. The van der Waals surface area contributed by atoms with Crippen LogP contribution in [0.1, 0.15) is 52.4 Å². The monoisotopic (exact) mass is 356 g/mol. The van der Waals surface area contributed by atoms with Crippen LogP contribution in [0.4, 0.5) is 0 Å².